The lowest BCUT2D eigenvalue weighted by Crippen LogP contribution is -2.34. The number of carbonyl (C=O) groups excluding carboxylic acids is 1. The van der Waals surface area contributed by atoms with Crippen LogP contribution >= 0.6 is 24.2 Å². The highest BCUT2D eigenvalue weighted by Crippen LogP contribution is 2.30. The average molecular weight is 758 g/mol. The number of benzene rings is 3. The number of hydrogen-bond donors (Lipinski definition) is 3. The van der Waals surface area contributed by atoms with E-state index in [1.165, 1.54) is 6.07 Å². The fourth-order valence-electron chi connectivity index (χ4n) is 6.65. The average Bonchev–Trinajstić information content (AvgIpc) is 3.73. The Kier molecular flexibility index (Phi) is 11.4. The number of nitrogens with zero attached hydrogens (tertiary/aromatic N) is 5. The van der Waals surface area contributed by atoms with Gasteiger partial charge in [0, 0.05) is 46.1 Å². The van der Waals surface area contributed by atoms with Crippen molar-refractivity contribution >= 4 is 57.8 Å². The summed E-state index contributed by atoms with van der Waals surface area (Å²) in [5, 5.41) is 11.2. The Morgan fingerprint density at radius 3 is 2.74 bits per heavy atom. The van der Waals surface area contributed by atoms with Crippen LogP contribution in [0, 0.1) is 5.82 Å². The lowest BCUT2D eigenvalue weighted by atomic mass is 9.93. The van der Waals surface area contributed by atoms with Gasteiger partial charge in [-0.3, -0.25) is 14.8 Å². The van der Waals surface area contributed by atoms with Gasteiger partial charge in [0.2, 0.25) is 11.8 Å². The third kappa shape index (κ3) is 8.59. The summed E-state index contributed by atoms with van der Waals surface area (Å²) in [5.41, 5.74) is 4.65. The number of ether oxygens (including phenoxy) is 3. The Bertz CT molecular complexity index is 2220. The number of anilines is 1. The van der Waals surface area contributed by atoms with Crippen LogP contribution in [0.15, 0.2) is 72.8 Å². The van der Waals surface area contributed by atoms with Crippen LogP contribution in [0.5, 0.6) is 11.8 Å². The van der Waals surface area contributed by atoms with Crippen molar-refractivity contribution in [1.29, 1.82) is 0 Å². The van der Waals surface area contributed by atoms with Gasteiger partial charge >= 0.3 is 0 Å². The number of piperidine rings is 1. The quantitative estimate of drug-likeness (QED) is 0.0756. The second-order valence-corrected chi connectivity index (χ2v) is 14.1. The molecule has 1 saturated heterocycles. The number of methoxy groups -OCH3 is 1. The predicted octanol–water partition coefficient (Wildman–Crippen LogP) is 8.00. The first-order valence-electron chi connectivity index (χ1n) is 17.7. The summed E-state index contributed by atoms with van der Waals surface area (Å²) < 4.78 is 33.5. The number of H-pyrrole nitrogens is 1. The van der Waals surface area contributed by atoms with Gasteiger partial charge in [-0.05, 0) is 86.9 Å². The van der Waals surface area contributed by atoms with Crippen LogP contribution in [0.4, 0.5) is 10.1 Å². The number of carbonyl (C=O) groups is 1. The predicted molar refractivity (Wildman–Crippen MR) is 207 cm³/mol. The maximum absolute atomic E-state index is 14.3. The number of nitrogens with one attached hydrogen (secondary N) is 2. The molecule has 1 fully saturated rings. The highest BCUT2D eigenvalue weighted by molar-refractivity contribution is 7.80. The molecular weight excluding hydrogens is 717 g/mol. The molecular formula is C39H41ClFN7O4S. The van der Waals surface area contributed by atoms with Gasteiger partial charge in [-0.25, -0.2) is 14.4 Å². The Hall–Kier alpha value is -4.69. The molecule has 1 atom stereocenters. The zero-order valence-electron chi connectivity index (χ0n) is 29.5. The zero-order chi connectivity index (χ0) is 36.9. The monoisotopic (exact) mass is 757 g/mol. The number of aromatic nitrogens is 5. The topological polar surface area (TPSA) is 119 Å². The summed E-state index contributed by atoms with van der Waals surface area (Å²) in [5.74, 6) is 1.43. The number of rotatable bonds is 14. The minimum atomic E-state index is -0.403. The lowest BCUT2D eigenvalue weighted by molar-refractivity contribution is 0.102. The molecule has 2 N–H and O–H groups in total. The smallest absolute Gasteiger partial charge is 0.255 e. The van der Waals surface area contributed by atoms with E-state index in [-0.39, 0.29) is 23.9 Å². The first-order valence-corrected chi connectivity index (χ1v) is 18.6. The van der Waals surface area contributed by atoms with Crippen LogP contribution in [0.2, 0.25) is 5.02 Å². The van der Waals surface area contributed by atoms with E-state index < -0.39 is 5.82 Å². The van der Waals surface area contributed by atoms with E-state index in [1.54, 1.807) is 25.3 Å². The second-order valence-electron chi connectivity index (χ2n) is 13.1. The molecule has 7 rings (SSSR count). The van der Waals surface area contributed by atoms with Crippen molar-refractivity contribution in [2.75, 3.05) is 32.1 Å². The first-order chi connectivity index (χ1) is 25.8. The summed E-state index contributed by atoms with van der Waals surface area (Å²) in [6.07, 6.45) is 2.73. The highest BCUT2D eigenvalue weighted by atomic mass is 35.5. The van der Waals surface area contributed by atoms with Crippen molar-refractivity contribution in [2.45, 2.75) is 57.2 Å². The fraction of sp³-hybridized carbons (Fsp3) is 0.333. The molecule has 3 aromatic heterocycles. The molecule has 1 aliphatic rings. The van der Waals surface area contributed by atoms with E-state index in [2.05, 4.69) is 31.9 Å². The molecule has 0 aliphatic carbocycles. The normalized spacial score (nSPS) is 14.5. The number of aromatic amines is 1. The van der Waals surface area contributed by atoms with Gasteiger partial charge in [0.1, 0.15) is 23.7 Å². The van der Waals surface area contributed by atoms with Crippen molar-refractivity contribution in [1.82, 2.24) is 29.6 Å². The van der Waals surface area contributed by atoms with Crippen LogP contribution in [0.1, 0.15) is 59.5 Å². The van der Waals surface area contributed by atoms with Crippen molar-refractivity contribution in [2.24, 2.45) is 0 Å². The molecule has 1 unspecified atom stereocenters. The van der Waals surface area contributed by atoms with Gasteiger partial charge in [0.05, 0.1) is 42.1 Å². The highest BCUT2D eigenvalue weighted by Gasteiger charge is 2.25. The molecule has 0 spiro atoms. The van der Waals surface area contributed by atoms with Crippen molar-refractivity contribution in [3.8, 4) is 11.8 Å². The Labute approximate surface area is 317 Å². The molecule has 14 heteroatoms. The Morgan fingerprint density at radius 2 is 1.94 bits per heavy atom. The number of hydrogen-bond acceptors (Lipinski definition) is 9. The van der Waals surface area contributed by atoms with Crippen LogP contribution in [0.25, 0.3) is 21.9 Å². The molecule has 0 bridgehead atoms. The summed E-state index contributed by atoms with van der Waals surface area (Å²) in [7, 11) is 1.56. The number of thiol groups is 1. The minimum Gasteiger partial charge on any atom is -0.480 e. The second kappa shape index (κ2) is 16.5. The van der Waals surface area contributed by atoms with Crippen molar-refractivity contribution in [3.05, 3.63) is 106 Å². The molecule has 6 aromatic rings. The molecule has 0 saturated carbocycles. The van der Waals surface area contributed by atoms with Crippen LogP contribution in [-0.2, 0) is 24.4 Å². The molecule has 1 amide bonds. The number of likely N-dealkylation sites (tertiary alicyclic amines) is 1. The summed E-state index contributed by atoms with van der Waals surface area (Å²) in [6.45, 7) is 5.61. The van der Waals surface area contributed by atoms with E-state index in [0.29, 0.717) is 53.3 Å². The van der Waals surface area contributed by atoms with E-state index in [9.17, 15) is 9.18 Å². The number of pyridine rings is 1. The minimum absolute atomic E-state index is 0.0691. The van der Waals surface area contributed by atoms with Crippen LogP contribution < -0.4 is 14.8 Å². The SMILES string of the molecule is CCCOC(S)Cn1c(CN2CCC(c3cccc(OCc4ccc(Cl)cc4F)n3)CC2)nc2cc(C(=O)Nc3ccc4[nH]nc(OC)c4c3)ccc21. The van der Waals surface area contributed by atoms with Crippen molar-refractivity contribution in [3.63, 3.8) is 0 Å². The van der Waals surface area contributed by atoms with Gasteiger partial charge in [-0.1, -0.05) is 30.7 Å². The van der Waals surface area contributed by atoms with Gasteiger partial charge in [-0.15, -0.1) is 17.7 Å². The molecule has 1 aliphatic heterocycles. The summed E-state index contributed by atoms with van der Waals surface area (Å²) in [4.78, 5) is 25.6. The maximum atomic E-state index is 14.3. The third-order valence-corrected chi connectivity index (χ3v) is 9.98. The first kappa shape index (κ1) is 36.7. The van der Waals surface area contributed by atoms with Gasteiger partial charge in [-0.2, -0.15) is 0 Å². The van der Waals surface area contributed by atoms with Crippen LogP contribution in [-0.4, -0.2) is 67.8 Å². The number of fused-ring (bicyclic) bond motifs is 2. The van der Waals surface area contributed by atoms with Gasteiger partial charge < -0.3 is 24.1 Å². The summed E-state index contributed by atoms with van der Waals surface area (Å²) in [6, 6.07) is 21.4. The van der Waals surface area contributed by atoms with E-state index >= 15 is 0 Å². The molecule has 11 nitrogen and oxygen atoms in total. The zero-order valence-corrected chi connectivity index (χ0v) is 31.2. The van der Waals surface area contributed by atoms with Gasteiger partial charge in [0.25, 0.3) is 5.91 Å². The summed E-state index contributed by atoms with van der Waals surface area (Å²) >= 11 is 10.6. The lowest BCUT2D eigenvalue weighted by Gasteiger charge is -2.31. The maximum Gasteiger partial charge on any atom is 0.255 e. The number of amides is 1. The van der Waals surface area contributed by atoms with Crippen LogP contribution in [0.3, 0.4) is 0 Å². The number of imidazole rings is 1. The van der Waals surface area contributed by atoms with Gasteiger partial charge in [0.15, 0.2) is 0 Å². The van der Waals surface area contributed by atoms with E-state index in [0.717, 1.165) is 65.8 Å². The largest absolute Gasteiger partial charge is 0.480 e. The Morgan fingerprint density at radius 1 is 1.09 bits per heavy atom. The van der Waals surface area contributed by atoms with Crippen molar-refractivity contribution < 1.29 is 23.4 Å². The Balaban J connectivity index is 1.03. The van der Waals surface area contributed by atoms with E-state index in [4.69, 9.17) is 48.4 Å². The molecule has 4 heterocycles. The fourth-order valence-corrected chi connectivity index (χ4v) is 7.08. The van der Waals surface area contributed by atoms with E-state index in [1.807, 2.05) is 48.5 Å². The standard InChI is InChI=1S/C39H41ClFN7O4S/c1-3-17-51-37(53)22-48-34-12-8-25(38(49)42-28-10-11-32-29(20-28)39(50-2)46-45-32)18-33(34)43-35(48)21-47-15-13-24(14-16-47)31-5-4-6-36(44-31)52-23-26-7-9-27(40)19-30(26)41/h4-12,18-20,24,37,53H,3,13-17,21-23H2,1-2H3,(H,42,49)(H,45,46). The molecule has 53 heavy (non-hydrogen) atoms. The number of halogens is 2. The molecule has 3 aromatic carbocycles. The third-order valence-electron chi connectivity index (χ3n) is 9.43. The molecule has 0 radical (unpaired) electrons. The molecule has 276 valence electrons.